The van der Waals surface area contributed by atoms with Crippen molar-refractivity contribution >= 4 is 50.7 Å². The number of carbonyl (C=O) groups is 2. The van der Waals surface area contributed by atoms with Crippen molar-refractivity contribution in [2.45, 2.75) is 51.1 Å². The Kier molecular flexibility index (Phi) is 12.1. The SMILES string of the molecule is CCCNC(=O)[C@@H](CC)N(Cc1ccc(Cl)c(Cl)c1)C(=O)CN(c1cc(OC)ccc1OC)S(=O)(=O)c1ccc(C)cc1. The second-order valence-electron chi connectivity index (χ2n) is 9.85. The highest BCUT2D eigenvalue weighted by Crippen LogP contribution is 2.36. The topological polar surface area (TPSA) is 105 Å². The average Bonchev–Trinajstić information content (AvgIpc) is 3.00. The molecule has 0 bridgehead atoms. The Labute approximate surface area is 263 Å². The predicted octanol–water partition coefficient (Wildman–Crippen LogP) is 5.85. The minimum atomic E-state index is -4.30. The maximum atomic E-state index is 14.3. The summed E-state index contributed by atoms with van der Waals surface area (Å²) in [6.45, 7) is 5.35. The van der Waals surface area contributed by atoms with E-state index in [1.807, 2.05) is 13.8 Å². The van der Waals surface area contributed by atoms with Gasteiger partial charge >= 0.3 is 0 Å². The molecule has 0 aliphatic rings. The van der Waals surface area contributed by atoms with Crippen LogP contribution in [0.15, 0.2) is 65.6 Å². The molecule has 3 rings (SSSR count). The van der Waals surface area contributed by atoms with Crippen LogP contribution in [-0.4, -0.2) is 58.5 Å². The lowest BCUT2D eigenvalue weighted by atomic mass is 10.1. The highest BCUT2D eigenvalue weighted by molar-refractivity contribution is 7.92. The van der Waals surface area contributed by atoms with Crippen molar-refractivity contribution in [2.24, 2.45) is 0 Å². The number of ether oxygens (including phenoxy) is 2. The molecule has 3 aromatic carbocycles. The molecular formula is C31H37Cl2N3O6S. The number of anilines is 1. The molecule has 9 nitrogen and oxygen atoms in total. The fourth-order valence-corrected chi connectivity index (χ4v) is 6.20. The first-order valence-corrected chi connectivity index (χ1v) is 16.0. The zero-order valence-corrected chi connectivity index (χ0v) is 27.2. The Balaban J connectivity index is 2.15. The van der Waals surface area contributed by atoms with Crippen molar-refractivity contribution in [3.63, 3.8) is 0 Å². The lowest BCUT2D eigenvalue weighted by Gasteiger charge is -2.33. The van der Waals surface area contributed by atoms with Gasteiger partial charge in [0.15, 0.2) is 0 Å². The van der Waals surface area contributed by atoms with E-state index in [2.05, 4.69) is 5.32 Å². The van der Waals surface area contributed by atoms with Crippen LogP contribution in [0.5, 0.6) is 11.5 Å². The highest BCUT2D eigenvalue weighted by Gasteiger charge is 2.35. The molecule has 0 unspecified atom stereocenters. The molecule has 232 valence electrons. The second kappa shape index (κ2) is 15.3. The molecule has 2 amide bonds. The van der Waals surface area contributed by atoms with Crippen molar-refractivity contribution < 1.29 is 27.5 Å². The number of nitrogens with zero attached hydrogens (tertiary/aromatic N) is 2. The van der Waals surface area contributed by atoms with Gasteiger partial charge in [0.2, 0.25) is 11.8 Å². The van der Waals surface area contributed by atoms with E-state index in [4.69, 9.17) is 32.7 Å². The van der Waals surface area contributed by atoms with Gasteiger partial charge in [0, 0.05) is 19.2 Å². The number of benzene rings is 3. The zero-order valence-electron chi connectivity index (χ0n) is 24.9. The van der Waals surface area contributed by atoms with Crippen LogP contribution in [0.3, 0.4) is 0 Å². The van der Waals surface area contributed by atoms with Crippen molar-refractivity contribution in [1.82, 2.24) is 10.2 Å². The summed E-state index contributed by atoms with van der Waals surface area (Å²) in [4.78, 5) is 28.9. The fraction of sp³-hybridized carbons (Fsp3) is 0.355. The summed E-state index contributed by atoms with van der Waals surface area (Å²) in [5, 5.41) is 3.49. The molecule has 0 aromatic heterocycles. The van der Waals surface area contributed by atoms with E-state index in [-0.39, 0.29) is 35.2 Å². The molecule has 1 N–H and O–H groups in total. The van der Waals surface area contributed by atoms with Gasteiger partial charge in [-0.1, -0.05) is 60.8 Å². The molecule has 1 atom stereocenters. The minimum absolute atomic E-state index is 0.0125. The van der Waals surface area contributed by atoms with Gasteiger partial charge in [-0.15, -0.1) is 0 Å². The lowest BCUT2D eigenvalue weighted by Crippen LogP contribution is -2.52. The van der Waals surface area contributed by atoms with E-state index in [0.29, 0.717) is 34.3 Å². The van der Waals surface area contributed by atoms with Gasteiger partial charge in [0.1, 0.15) is 24.1 Å². The van der Waals surface area contributed by atoms with Crippen molar-refractivity contribution in [3.05, 3.63) is 81.8 Å². The van der Waals surface area contributed by atoms with E-state index in [0.717, 1.165) is 9.87 Å². The molecule has 3 aromatic rings. The van der Waals surface area contributed by atoms with Gasteiger partial charge in [-0.2, -0.15) is 0 Å². The third kappa shape index (κ3) is 8.34. The normalized spacial score (nSPS) is 11.9. The van der Waals surface area contributed by atoms with Gasteiger partial charge in [-0.25, -0.2) is 8.42 Å². The first-order valence-electron chi connectivity index (χ1n) is 13.8. The molecule has 0 saturated carbocycles. The number of aryl methyl sites for hydroxylation is 1. The monoisotopic (exact) mass is 649 g/mol. The Morgan fingerprint density at radius 2 is 1.63 bits per heavy atom. The Bertz CT molecular complexity index is 1530. The van der Waals surface area contributed by atoms with Crippen molar-refractivity contribution in [1.29, 1.82) is 0 Å². The van der Waals surface area contributed by atoms with E-state index in [9.17, 15) is 18.0 Å². The van der Waals surface area contributed by atoms with Gasteiger partial charge in [-0.3, -0.25) is 13.9 Å². The largest absolute Gasteiger partial charge is 0.497 e. The van der Waals surface area contributed by atoms with E-state index in [1.165, 1.54) is 37.3 Å². The van der Waals surface area contributed by atoms with Gasteiger partial charge < -0.3 is 19.7 Å². The quantitative estimate of drug-likeness (QED) is 0.235. The van der Waals surface area contributed by atoms with Crippen molar-refractivity contribution in [3.8, 4) is 11.5 Å². The van der Waals surface area contributed by atoms with Crippen molar-refractivity contribution in [2.75, 3.05) is 31.6 Å². The third-order valence-electron chi connectivity index (χ3n) is 6.81. The van der Waals surface area contributed by atoms with Crippen LogP contribution >= 0.6 is 23.2 Å². The Morgan fingerprint density at radius 3 is 2.21 bits per heavy atom. The first kappa shape index (κ1) is 34.0. The molecule has 0 heterocycles. The van der Waals surface area contributed by atoms with Crippen LogP contribution in [0, 0.1) is 6.92 Å². The van der Waals surface area contributed by atoms with E-state index < -0.39 is 28.5 Å². The Morgan fingerprint density at radius 1 is 0.930 bits per heavy atom. The van der Waals surface area contributed by atoms with E-state index in [1.54, 1.807) is 49.4 Å². The maximum Gasteiger partial charge on any atom is 0.264 e. The molecular weight excluding hydrogens is 613 g/mol. The van der Waals surface area contributed by atoms with Crippen LogP contribution in [0.4, 0.5) is 5.69 Å². The predicted molar refractivity (Wildman–Crippen MR) is 170 cm³/mol. The molecule has 0 radical (unpaired) electrons. The number of carbonyl (C=O) groups excluding carboxylic acids is 2. The molecule has 0 saturated heterocycles. The van der Waals surface area contributed by atoms with Crippen LogP contribution in [0.1, 0.15) is 37.8 Å². The summed E-state index contributed by atoms with van der Waals surface area (Å²) in [5.41, 5.74) is 1.60. The molecule has 43 heavy (non-hydrogen) atoms. The molecule has 0 spiro atoms. The van der Waals surface area contributed by atoms with Gasteiger partial charge in [-0.05, 0) is 61.7 Å². The third-order valence-corrected chi connectivity index (χ3v) is 9.33. The summed E-state index contributed by atoms with van der Waals surface area (Å²) in [7, 11) is -1.44. The van der Waals surface area contributed by atoms with Crippen LogP contribution in [0.2, 0.25) is 10.0 Å². The molecule has 12 heteroatoms. The van der Waals surface area contributed by atoms with Gasteiger partial charge in [0.25, 0.3) is 10.0 Å². The summed E-state index contributed by atoms with van der Waals surface area (Å²) in [5.74, 6) is -0.367. The van der Waals surface area contributed by atoms with E-state index >= 15 is 0 Å². The number of rotatable bonds is 14. The summed E-state index contributed by atoms with van der Waals surface area (Å²) in [6.07, 6.45) is 0.997. The number of amides is 2. The number of hydrogen-bond acceptors (Lipinski definition) is 6. The first-order chi connectivity index (χ1) is 20.5. The highest BCUT2D eigenvalue weighted by atomic mass is 35.5. The number of hydrogen-bond donors (Lipinski definition) is 1. The van der Waals surface area contributed by atoms with Crippen LogP contribution < -0.4 is 19.1 Å². The number of sulfonamides is 1. The summed E-state index contributed by atoms with van der Waals surface area (Å²) in [6, 6.07) is 15.1. The summed E-state index contributed by atoms with van der Waals surface area (Å²) >= 11 is 12.4. The maximum absolute atomic E-state index is 14.3. The minimum Gasteiger partial charge on any atom is -0.497 e. The number of methoxy groups -OCH3 is 2. The molecule has 0 fully saturated rings. The fourth-order valence-electron chi connectivity index (χ4n) is 4.46. The lowest BCUT2D eigenvalue weighted by molar-refractivity contribution is -0.140. The molecule has 0 aliphatic heterocycles. The van der Waals surface area contributed by atoms with Crippen LogP contribution in [0.25, 0.3) is 0 Å². The number of halogens is 2. The second-order valence-corrected chi connectivity index (χ2v) is 12.5. The average molecular weight is 651 g/mol. The standard InChI is InChI=1S/C31H37Cl2N3O6S/c1-6-16-34-31(38)27(7-2)35(19-22-10-14-25(32)26(33)17-22)30(37)20-36(28-18-23(41-4)11-15-29(28)42-5)43(39,40)24-12-8-21(3)9-13-24/h8-15,17-18,27H,6-7,16,19-20H2,1-5H3,(H,34,38)/t27-/m1/s1. The molecule has 0 aliphatic carbocycles. The summed E-state index contributed by atoms with van der Waals surface area (Å²) < 4.78 is 40.2. The van der Waals surface area contributed by atoms with Gasteiger partial charge in [0.05, 0.1) is 34.8 Å². The zero-order chi connectivity index (χ0) is 31.7. The smallest absolute Gasteiger partial charge is 0.264 e. The number of nitrogens with one attached hydrogen (secondary N) is 1. The van der Waals surface area contributed by atoms with Crippen LogP contribution in [-0.2, 0) is 26.2 Å². The Hall–Kier alpha value is -3.47.